The van der Waals surface area contributed by atoms with E-state index >= 15 is 0 Å². The highest BCUT2D eigenvalue weighted by Gasteiger charge is 2.33. The molecule has 2 aliphatic rings. The van der Waals surface area contributed by atoms with Gasteiger partial charge in [0, 0.05) is 44.3 Å². The lowest BCUT2D eigenvalue weighted by molar-refractivity contribution is 0.171. The lowest BCUT2D eigenvalue weighted by atomic mass is 9.91. The van der Waals surface area contributed by atoms with E-state index in [1.165, 1.54) is 0 Å². The topological polar surface area (TPSA) is 54.5 Å². The Morgan fingerprint density at radius 3 is 2.76 bits per heavy atom. The maximum atomic E-state index is 12.7. The van der Waals surface area contributed by atoms with Gasteiger partial charge in [0.25, 0.3) is 0 Å². The highest BCUT2D eigenvalue weighted by atomic mass is 16.5. The second kappa shape index (κ2) is 7.23. The van der Waals surface area contributed by atoms with Gasteiger partial charge in [0.2, 0.25) is 0 Å². The van der Waals surface area contributed by atoms with Crippen molar-refractivity contribution in [3.05, 3.63) is 48.8 Å². The first kappa shape index (κ1) is 16.1. The number of hydrogen-bond acceptors (Lipinski definition) is 3. The average Bonchev–Trinajstić information content (AvgIpc) is 3.34. The third kappa shape index (κ3) is 3.51. The number of urea groups is 1. The monoisotopic (exact) mass is 337 g/mol. The molecule has 130 valence electrons. The van der Waals surface area contributed by atoms with Gasteiger partial charge in [-0.15, -0.1) is 0 Å². The van der Waals surface area contributed by atoms with E-state index < -0.39 is 0 Å². The van der Waals surface area contributed by atoms with Crippen LogP contribution in [0.15, 0.2) is 48.8 Å². The number of rotatable bonds is 3. The minimum absolute atomic E-state index is 0.0112. The van der Waals surface area contributed by atoms with Gasteiger partial charge in [-0.1, -0.05) is 18.2 Å². The molecule has 5 nitrogen and oxygen atoms in total. The molecule has 2 amide bonds. The normalized spacial score (nSPS) is 23.0. The van der Waals surface area contributed by atoms with Crippen LogP contribution in [0.25, 0.3) is 11.1 Å². The number of para-hydroxylation sites is 1. The van der Waals surface area contributed by atoms with Crippen molar-refractivity contribution in [2.45, 2.75) is 12.8 Å². The summed E-state index contributed by atoms with van der Waals surface area (Å²) in [5.74, 6) is 1.19. The Balaban J connectivity index is 1.45. The fraction of sp³-hybridized carbons (Fsp3) is 0.400. The molecule has 0 unspecified atom stereocenters. The maximum Gasteiger partial charge on any atom is 0.321 e. The van der Waals surface area contributed by atoms with Gasteiger partial charge >= 0.3 is 6.03 Å². The van der Waals surface area contributed by atoms with Gasteiger partial charge in [-0.25, -0.2) is 4.79 Å². The van der Waals surface area contributed by atoms with E-state index in [1.54, 1.807) is 12.4 Å². The third-order valence-corrected chi connectivity index (χ3v) is 5.30. The molecule has 2 saturated heterocycles. The van der Waals surface area contributed by atoms with Crippen LogP contribution in [-0.2, 0) is 4.74 Å². The summed E-state index contributed by atoms with van der Waals surface area (Å²) in [5.41, 5.74) is 2.90. The van der Waals surface area contributed by atoms with Gasteiger partial charge in [0.15, 0.2) is 0 Å². The number of ether oxygens (including phenoxy) is 1. The molecular weight excluding hydrogens is 314 g/mol. The van der Waals surface area contributed by atoms with Crippen LogP contribution < -0.4 is 5.32 Å². The lowest BCUT2D eigenvalue weighted by Crippen LogP contribution is -2.34. The standard InChI is InChI=1S/C20H23N3O2/c24-20(23-11-7-16(13-23)17-8-12-25-14-17)22-19-4-2-1-3-18(19)15-5-9-21-10-6-15/h1-6,9-10,16-17H,7-8,11-14H2,(H,22,24)/t16-,17+/m0/s1. The lowest BCUT2D eigenvalue weighted by Gasteiger charge is -2.20. The van der Waals surface area contributed by atoms with Crippen LogP contribution in [0.3, 0.4) is 0 Å². The molecule has 1 aromatic carbocycles. The van der Waals surface area contributed by atoms with E-state index in [4.69, 9.17) is 4.74 Å². The Kier molecular flexibility index (Phi) is 4.65. The van der Waals surface area contributed by atoms with E-state index in [0.29, 0.717) is 11.8 Å². The molecule has 2 fully saturated rings. The average molecular weight is 337 g/mol. The Morgan fingerprint density at radius 1 is 1.12 bits per heavy atom. The second-order valence-electron chi connectivity index (χ2n) is 6.83. The number of nitrogens with zero attached hydrogens (tertiary/aromatic N) is 2. The van der Waals surface area contributed by atoms with Crippen molar-refractivity contribution in [1.82, 2.24) is 9.88 Å². The van der Waals surface area contributed by atoms with Crippen LogP contribution in [0.2, 0.25) is 0 Å². The molecule has 1 N–H and O–H groups in total. The summed E-state index contributed by atoms with van der Waals surface area (Å²) in [7, 11) is 0. The Labute approximate surface area is 148 Å². The maximum absolute atomic E-state index is 12.7. The quantitative estimate of drug-likeness (QED) is 0.930. The largest absolute Gasteiger partial charge is 0.381 e. The molecule has 0 radical (unpaired) electrons. The van der Waals surface area contributed by atoms with Gasteiger partial charge < -0.3 is 15.0 Å². The van der Waals surface area contributed by atoms with Crippen molar-refractivity contribution in [1.29, 1.82) is 0 Å². The van der Waals surface area contributed by atoms with Crippen molar-refractivity contribution < 1.29 is 9.53 Å². The number of aromatic nitrogens is 1. The van der Waals surface area contributed by atoms with Crippen molar-refractivity contribution in [2.24, 2.45) is 11.8 Å². The number of pyridine rings is 1. The molecule has 2 aliphatic heterocycles. The number of carbonyl (C=O) groups is 1. The van der Waals surface area contributed by atoms with Crippen LogP contribution >= 0.6 is 0 Å². The minimum Gasteiger partial charge on any atom is -0.381 e. The highest BCUT2D eigenvalue weighted by Crippen LogP contribution is 2.31. The number of carbonyl (C=O) groups excluding carboxylic acids is 1. The van der Waals surface area contributed by atoms with Crippen molar-refractivity contribution in [3.8, 4) is 11.1 Å². The summed E-state index contributed by atoms with van der Waals surface area (Å²) in [6.07, 6.45) is 5.74. The molecule has 5 heteroatoms. The van der Waals surface area contributed by atoms with Crippen LogP contribution in [0.4, 0.5) is 10.5 Å². The van der Waals surface area contributed by atoms with Crippen LogP contribution in [0.1, 0.15) is 12.8 Å². The van der Waals surface area contributed by atoms with Crippen LogP contribution in [0.5, 0.6) is 0 Å². The van der Waals surface area contributed by atoms with E-state index in [0.717, 1.165) is 56.0 Å². The molecule has 2 aromatic rings. The minimum atomic E-state index is -0.0112. The summed E-state index contributed by atoms with van der Waals surface area (Å²) in [6.45, 7) is 3.37. The van der Waals surface area contributed by atoms with Crippen molar-refractivity contribution >= 4 is 11.7 Å². The molecule has 3 heterocycles. The van der Waals surface area contributed by atoms with Gasteiger partial charge in [-0.05, 0) is 48.4 Å². The Morgan fingerprint density at radius 2 is 1.96 bits per heavy atom. The van der Waals surface area contributed by atoms with Gasteiger partial charge in [0.1, 0.15) is 0 Å². The van der Waals surface area contributed by atoms with E-state index in [9.17, 15) is 4.79 Å². The zero-order chi connectivity index (χ0) is 17.1. The Bertz CT molecular complexity index is 729. The molecule has 4 rings (SSSR count). The molecule has 25 heavy (non-hydrogen) atoms. The summed E-state index contributed by atoms with van der Waals surface area (Å²) < 4.78 is 5.50. The molecule has 0 bridgehead atoms. The highest BCUT2D eigenvalue weighted by molar-refractivity contribution is 5.94. The predicted octanol–water partition coefficient (Wildman–Crippen LogP) is 3.64. The third-order valence-electron chi connectivity index (χ3n) is 5.30. The smallest absolute Gasteiger partial charge is 0.321 e. The van der Waals surface area contributed by atoms with Crippen molar-refractivity contribution in [3.63, 3.8) is 0 Å². The predicted molar refractivity (Wildman–Crippen MR) is 97.3 cm³/mol. The number of nitrogens with one attached hydrogen (secondary N) is 1. The summed E-state index contributed by atoms with van der Waals surface area (Å²) in [6, 6.07) is 11.8. The summed E-state index contributed by atoms with van der Waals surface area (Å²) in [5, 5.41) is 3.10. The second-order valence-corrected chi connectivity index (χ2v) is 6.83. The Hall–Kier alpha value is -2.40. The van der Waals surface area contributed by atoms with E-state index in [1.807, 2.05) is 41.3 Å². The number of benzene rings is 1. The summed E-state index contributed by atoms with van der Waals surface area (Å²) >= 11 is 0. The van der Waals surface area contributed by atoms with Gasteiger partial charge in [-0.2, -0.15) is 0 Å². The van der Waals surface area contributed by atoms with E-state index in [-0.39, 0.29) is 6.03 Å². The zero-order valence-corrected chi connectivity index (χ0v) is 14.2. The fourth-order valence-electron chi connectivity index (χ4n) is 3.85. The first-order valence-corrected chi connectivity index (χ1v) is 8.94. The van der Waals surface area contributed by atoms with Gasteiger partial charge in [-0.3, -0.25) is 4.98 Å². The SMILES string of the molecule is O=C(Nc1ccccc1-c1ccncc1)N1CC[C@H]([C@@H]2CCOC2)C1. The van der Waals surface area contributed by atoms with Crippen molar-refractivity contribution in [2.75, 3.05) is 31.6 Å². The number of hydrogen-bond donors (Lipinski definition) is 1. The summed E-state index contributed by atoms with van der Waals surface area (Å²) in [4.78, 5) is 18.7. The van der Waals surface area contributed by atoms with Gasteiger partial charge in [0.05, 0.1) is 5.69 Å². The number of amides is 2. The van der Waals surface area contributed by atoms with Crippen LogP contribution in [0, 0.1) is 11.8 Å². The number of anilines is 1. The molecular formula is C20H23N3O2. The molecule has 1 aromatic heterocycles. The first-order chi connectivity index (χ1) is 12.3. The zero-order valence-electron chi connectivity index (χ0n) is 14.2. The molecule has 0 aliphatic carbocycles. The molecule has 2 atom stereocenters. The van der Waals surface area contributed by atoms with Crippen LogP contribution in [-0.4, -0.2) is 42.2 Å². The molecule has 0 saturated carbocycles. The number of likely N-dealkylation sites (tertiary alicyclic amines) is 1. The van der Waals surface area contributed by atoms with E-state index in [2.05, 4.69) is 10.3 Å². The molecule has 0 spiro atoms. The fourth-order valence-corrected chi connectivity index (χ4v) is 3.85. The first-order valence-electron chi connectivity index (χ1n) is 8.94.